The molecule has 1 atom stereocenters. The van der Waals surface area contributed by atoms with E-state index in [9.17, 15) is 4.79 Å². The fraction of sp³-hybridized carbons (Fsp3) is 0.312. The Labute approximate surface area is 139 Å². The van der Waals surface area contributed by atoms with E-state index in [-0.39, 0.29) is 5.91 Å². The van der Waals surface area contributed by atoms with Crippen molar-refractivity contribution in [3.8, 4) is 0 Å². The van der Waals surface area contributed by atoms with E-state index in [0.29, 0.717) is 24.6 Å². The second-order valence-electron chi connectivity index (χ2n) is 5.24. The number of likely N-dealkylation sites (N-methyl/N-ethyl adjacent to an activating group) is 1. The summed E-state index contributed by atoms with van der Waals surface area (Å²) in [5.41, 5.74) is 1.43. The van der Waals surface area contributed by atoms with Gasteiger partial charge in [0.05, 0.1) is 0 Å². The molecule has 0 unspecified atom stereocenters. The van der Waals surface area contributed by atoms with E-state index in [1.165, 1.54) is 4.63 Å². The van der Waals surface area contributed by atoms with Gasteiger partial charge in [0.1, 0.15) is 11.9 Å². The van der Waals surface area contributed by atoms with Gasteiger partial charge in [-0.25, -0.2) is 0 Å². The number of hydrogen-bond acceptors (Lipinski definition) is 6. The van der Waals surface area contributed by atoms with E-state index in [0.717, 1.165) is 5.56 Å². The van der Waals surface area contributed by atoms with Crippen LogP contribution in [-0.2, 0) is 4.79 Å². The predicted octanol–water partition coefficient (Wildman–Crippen LogP) is 1.54. The Bertz CT molecular complexity index is 813. The number of tetrazole rings is 1. The van der Waals surface area contributed by atoms with Crippen LogP contribution in [0.2, 0.25) is 0 Å². The molecule has 0 fully saturated rings. The summed E-state index contributed by atoms with van der Waals surface area (Å²) >= 11 is 0. The van der Waals surface area contributed by atoms with E-state index in [2.05, 4.69) is 25.9 Å². The first-order valence-corrected chi connectivity index (χ1v) is 7.88. The maximum absolute atomic E-state index is 12.9. The number of nitrogens with zero attached hydrogens (tertiary/aromatic N) is 6. The van der Waals surface area contributed by atoms with Crippen LogP contribution in [0, 0.1) is 0 Å². The van der Waals surface area contributed by atoms with Gasteiger partial charge in [0.25, 0.3) is 0 Å². The van der Waals surface area contributed by atoms with E-state index in [4.69, 9.17) is 0 Å². The molecule has 0 bridgehead atoms. The smallest absolute Gasteiger partial charge is 0.249 e. The lowest BCUT2D eigenvalue weighted by Gasteiger charge is -2.26. The molecule has 1 aromatic carbocycles. The van der Waals surface area contributed by atoms with Crippen molar-refractivity contribution in [2.75, 3.05) is 18.4 Å². The van der Waals surface area contributed by atoms with Gasteiger partial charge in [0, 0.05) is 13.1 Å². The number of fused-ring (bicyclic) bond motifs is 1. The normalized spacial score (nSPS) is 12.1. The third-order valence-electron chi connectivity index (χ3n) is 3.82. The van der Waals surface area contributed by atoms with Crippen LogP contribution in [0.3, 0.4) is 0 Å². The highest BCUT2D eigenvalue weighted by Gasteiger charge is 2.24. The molecular formula is C16H19N7O. The molecule has 8 heteroatoms. The number of anilines is 1. The monoisotopic (exact) mass is 325 g/mol. The number of hydrogen-bond donors (Lipinski definition) is 1. The predicted molar refractivity (Wildman–Crippen MR) is 89.3 cm³/mol. The number of aromatic nitrogens is 5. The molecule has 1 amide bonds. The number of rotatable bonds is 6. The van der Waals surface area contributed by atoms with Gasteiger partial charge in [0.2, 0.25) is 5.91 Å². The Balaban J connectivity index is 1.93. The second-order valence-corrected chi connectivity index (χ2v) is 5.24. The topological polar surface area (TPSA) is 88.3 Å². The molecule has 0 radical (unpaired) electrons. The number of carbonyl (C=O) groups excluding carboxylic acids is 1. The first kappa shape index (κ1) is 15.9. The maximum atomic E-state index is 12.9. The molecular weight excluding hydrogens is 306 g/mol. The van der Waals surface area contributed by atoms with Gasteiger partial charge >= 0.3 is 0 Å². The second kappa shape index (κ2) is 7.03. The van der Waals surface area contributed by atoms with E-state index >= 15 is 0 Å². The van der Waals surface area contributed by atoms with Crippen molar-refractivity contribution < 1.29 is 4.79 Å². The van der Waals surface area contributed by atoms with Crippen LogP contribution in [-0.4, -0.2) is 49.2 Å². The molecule has 124 valence electrons. The van der Waals surface area contributed by atoms with Crippen molar-refractivity contribution in [2.45, 2.75) is 19.9 Å². The van der Waals surface area contributed by atoms with Gasteiger partial charge in [-0.2, -0.15) is 0 Å². The van der Waals surface area contributed by atoms with E-state index in [1.54, 1.807) is 17.0 Å². The fourth-order valence-corrected chi connectivity index (χ4v) is 2.53. The molecule has 0 spiro atoms. The lowest BCUT2D eigenvalue weighted by Crippen LogP contribution is -2.38. The lowest BCUT2D eigenvalue weighted by molar-refractivity contribution is -0.131. The summed E-state index contributed by atoms with van der Waals surface area (Å²) in [7, 11) is 0. The minimum atomic E-state index is -0.521. The highest BCUT2D eigenvalue weighted by atomic mass is 16.2. The molecule has 0 aliphatic heterocycles. The Kier molecular flexibility index (Phi) is 4.64. The molecule has 8 nitrogen and oxygen atoms in total. The highest BCUT2D eigenvalue weighted by Crippen LogP contribution is 2.21. The molecule has 2 aromatic heterocycles. The van der Waals surface area contributed by atoms with Crippen LogP contribution in [0.25, 0.3) is 5.65 Å². The lowest BCUT2D eigenvalue weighted by atomic mass is 10.1. The average molecular weight is 325 g/mol. The third-order valence-corrected chi connectivity index (χ3v) is 3.82. The van der Waals surface area contributed by atoms with Crippen LogP contribution in [0.1, 0.15) is 25.5 Å². The van der Waals surface area contributed by atoms with Gasteiger partial charge in [-0.1, -0.05) is 30.3 Å². The van der Waals surface area contributed by atoms with Crippen LogP contribution >= 0.6 is 0 Å². The van der Waals surface area contributed by atoms with E-state index < -0.39 is 6.04 Å². The number of benzene rings is 1. The Hall–Kier alpha value is -3.03. The molecule has 0 saturated heterocycles. The third kappa shape index (κ3) is 3.17. The molecule has 0 aliphatic rings. The molecule has 1 N–H and O–H groups in total. The molecule has 2 heterocycles. The first-order valence-electron chi connectivity index (χ1n) is 7.88. The van der Waals surface area contributed by atoms with Crippen molar-refractivity contribution in [3.63, 3.8) is 0 Å². The van der Waals surface area contributed by atoms with E-state index in [1.807, 2.05) is 44.2 Å². The first-order chi connectivity index (χ1) is 11.7. The van der Waals surface area contributed by atoms with Crippen LogP contribution in [0.4, 0.5) is 5.82 Å². The zero-order chi connectivity index (χ0) is 16.9. The Morgan fingerprint density at radius 3 is 2.62 bits per heavy atom. The average Bonchev–Trinajstić information content (AvgIpc) is 3.09. The van der Waals surface area contributed by atoms with Crippen LogP contribution < -0.4 is 5.32 Å². The van der Waals surface area contributed by atoms with Crippen molar-refractivity contribution in [2.24, 2.45) is 0 Å². The number of nitrogens with one attached hydrogen (secondary N) is 1. The Morgan fingerprint density at radius 1 is 1.17 bits per heavy atom. The zero-order valence-electron chi connectivity index (χ0n) is 13.6. The Morgan fingerprint density at radius 2 is 1.92 bits per heavy atom. The van der Waals surface area contributed by atoms with Gasteiger partial charge in [-0.3, -0.25) is 4.79 Å². The van der Waals surface area contributed by atoms with Gasteiger partial charge in [-0.15, -0.1) is 14.8 Å². The van der Waals surface area contributed by atoms with Gasteiger partial charge in [-0.05, 0) is 42.0 Å². The highest BCUT2D eigenvalue weighted by molar-refractivity contribution is 5.85. The SMILES string of the molecule is CCN(CC)C(=O)[C@H](Nc1ccc2nnnn2n1)c1ccccc1. The standard InChI is InChI=1S/C16H19N7O/c1-3-22(4-2)16(24)15(12-8-6-5-7-9-12)17-13-10-11-14-18-20-21-23(14)19-13/h5-11,15H,3-4H2,1-2H3,(H,17,19)/t15-/m1/s1. The number of carbonyl (C=O) groups is 1. The van der Waals surface area contributed by atoms with Crippen LogP contribution in [0.5, 0.6) is 0 Å². The largest absolute Gasteiger partial charge is 0.353 e. The summed E-state index contributed by atoms with van der Waals surface area (Å²) in [5.74, 6) is 0.536. The van der Waals surface area contributed by atoms with Crippen molar-refractivity contribution >= 4 is 17.4 Å². The fourth-order valence-electron chi connectivity index (χ4n) is 2.53. The minimum Gasteiger partial charge on any atom is -0.353 e. The summed E-state index contributed by atoms with van der Waals surface area (Å²) in [6, 6.07) is 12.6. The molecule has 3 aromatic rings. The van der Waals surface area contributed by atoms with Gasteiger partial charge < -0.3 is 10.2 Å². The minimum absolute atomic E-state index is 0.00446. The van der Waals surface area contributed by atoms with Crippen LogP contribution in [0.15, 0.2) is 42.5 Å². The number of amides is 1. The van der Waals surface area contributed by atoms with Gasteiger partial charge in [0.15, 0.2) is 5.65 Å². The quantitative estimate of drug-likeness (QED) is 0.739. The summed E-state index contributed by atoms with van der Waals surface area (Å²) in [6.45, 7) is 5.24. The molecule has 0 saturated carbocycles. The van der Waals surface area contributed by atoms with Crippen molar-refractivity contribution in [1.82, 2.24) is 30.2 Å². The summed E-state index contributed by atoms with van der Waals surface area (Å²) in [6.07, 6.45) is 0. The summed E-state index contributed by atoms with van der Waals surface area (Å²) in [4.78, 5) is 14.7. The molecule has 0 aliphatic carbocycles. The van der Waals surface area contributed by atoms with Crippen molar-refractivity contribution in [1.29, 1.82) is 0 Å². The zero-order valence-corrected chi connectivity index (χ0v) is 13.6. The molecule has 3 rings (SSSR count). The maximum Gasteiger partial charge on any atom is 0.249 e. The van der Waals surface area contributed by atoms with Crippen molar-refractivity contribution in [3.05, 3.63) is 48.0 Å². The molecule has 24 heavy (non-hydrogen) atoms. The summed E-state index contributed by atoms with van der Waals surface area (Å²) in [5, 5.41) is 18.7. The summed E-state index contributed by atoms with van der Waals surface area (Å²) < 4.78 is 1.33.